The molecular formula is C32H29FN6O2S. The third-order valence-corrected chi connectivity index (χ3v) is 8.22. The van der Waals surface area contributed by atoms with Gasteiger partial charge in [-0.2, -0.15) is 5.10 Å². The monoisotopic (exact) mass is 580 g/mol. The van der Waals surface area contributed by atoms with Gasteiger partial charge >= 0.3 is 0 Å². The highest BCUT2D eigenvalue weighted by Gasteiger charge is 2.34. The molecule has 3 aromatic carbocycles. The number of carbonyl (C=O) groups is 1. The van der Waals surface area contributed by atoms with Crippen molar-refractivity contribution in [2.24, 2.45) is 17.1 Å². The Morgan fingerprint density at radius 1 is 0.905 bits per heavy atom. The quantitative estimate of drug-likeness (QED) is 0.245. The van der Waals surface area contributed by atoms with Gasteiger partial charge in [0, 0.05) is 30.1 Å². The summed E-state index contributed by atoms with van der Waals surface area (Å²) in [5.74, 6) is -0.656. The number of carbonyl (C=O) groups excluding carboxylic acids is 1. The van der Waals surface area contributed by atoms with Crippen LogP contribution in [0.25, 0.3) is 16.9 Å². The molecule has 6 rings (SSSR count). The molecule has 0 N–H and O–H groups in total. The van der Waals surface area contributed by atoms with Crippen molar-refractivity contribution >= 4 is 34.3 Å². The maximum atomic E-state index is 15.1. The molecule has 212 valence electrons. The van der Waals surface area contributed by atoms with E-state index < -0.39 is 5.82 Å². The summed E-state index contributed by atoms with van der Waals surface area (Å²) in [7, 11) is 1.80. The molecule has 1 aliphatic rings. The number of unbranched alkanes of at least 4 members (excludes halogenated alkanes) is 1. The summed E-state index contributed by atoms with van der Waals surface area (Å²) in [5, 5.41) is 6.58. The molecular weight excluding hydrogens is 551 g/mol. The summed E-state index contributed by atoms with van der Waals surface area (Å²) >= 11 is 1.22. The maximum absolute atomic E-state index is 15.1. The molecule has 1 aliphatic heterocycles. The summed E-state index contributed by atoms with van der Waals surface area (Å²) in [5.41, 5.74) is 3.77. The number of halogens is 1. The lowest BCUT2D eigenvalue weighted by atomic mass is 10.1. The van der Waals surface area contributed by atoms with Crippen LogP contribution in [0, 0.1) is 12.7 Å². The fourth-order valence-electron chi connectivity index (χ4n) is 5.10. The summed E-state index contributed by atoms with van der Waals surface area (Å²) in [6, 6.07) is 23.3. The smallest absolute Gasteiger partial charge is 0.297 e. The van der Waals surface area contributed by atoms with Crippen LogP contribution in [0.15, 0.2) is 99.1 Å². The van der Waals surface area contributed by atoms with Crippen LogP contribution in [0.2, 0.25) is 0 Å². The molecule has 3 heterocycles. The standard InChI is InChI=1S/C32H29FN6O2S/c1-4-5-19-37-26-18-12-10-16-24(26)29(30(37)40)35-38-27(23-15-9-11-17-25(23)33)20-42-32(38)34-28-21(2)36(3)39(31(28)41)22-13-7-6-8-14-22/h6-18,20H,4-5,19H2,1-3H3. The molecule has 5 aromatic rings. The Balaban J connectivity index is 1.59. The van der Waals surface area contributed by atoms with Crippen molar-refractivity contribution in [2.45, 2.75) is 26.7 Å². The highest BCUT2D eigenvalue weighted by atomic mass is 32.1. The number of hydrogen-bond donors (Lipinski definition) is 0. The van der Waals surface area contributed by atoms with E-state index in [1.807, 2.05) is 61.5 Å². The van der Waals surface area contributed by atoms with Crippen LogP contribution in [0.3, 0.4) is 0 Å². The average molecular weight is 581 g/mol. The molecule has 0 bridgehead atoms. The molecule has 0 saturated carbocycles. The van der Waals surface area contributed by atoms with Crippen molar-refractivity contribution in [3.63, 3.8) is 0 Å². The number of benzene rings is 3. The van der Waals surface area contributed by atoms with Crippen LogP contribution >= 0.6 is 11.3 Å². The van der Waals surface area contributed by atoms with Gasteiger partial charge < -0.3 is 4.90 Å². The number of fused-ring (bicyclic) bond motifs is 1. The number of para-hydroxylation sites is 2. The first-order chi connectivity index (χ1) is 20.4. The number of hydrogen-bond acceptors (Lipinski definition) is 5. The van der Waals surface area contributed by atoms with Crippen molar-refractivity contribution in [2.75, 3.05) is 11.4 Å². The second kappa shape index (κ2) is 11.2. The van der Waals surface area contributed by atoms with Gasteiger partial charge in [0.2, 0.25) is 4.80 Å². The maximum Gasteiger partial charge on any atom is 0.297 e. The Morgan fingerprint density at radius 2 is 1.60 bits per heavy atom. The zero-order chi connectivity index (χ0) is 29.4. The SMILES string of the molecule is CCCCN1C(=O)C(=Nn2c(-c3ccccc3F)csc2=Nc2c(C)n(C)n(-c3ccccc3)c2=O)c2ccccc21. The van der Waals surface area contributed by atoms with Gasteiger partial charge in [0.05, 0.1) is 22.8 Å². The van der Waals surface area contributed by atoms with Crippen molar-refractivity contribution in [1.82, 2.24) is 14.0 Å². The Hall–Kier alpha value is -4.83. The molecule has 1 amide bonds. The van der Waals surface area contributed by atoms with Crippen molar-refractivity contribution in [1.29, 1.82) is 0 Å². The zero-order valence-corrected chi connectivity index (χ0v) is 24.3. The third kappa shape index (κ3) is 4.63. The van der Waals surface area contributed by atoms with E-state index in [1.165, 1.54) is 22.1 Å². The predicted octanol–water partition coefficient (Wildman–Crippen LogP) is 5.79. The highest BCUT2D eigenvalue weighted by molar-refractivity contribution is 7.07. The van der Waals surface area contributed by atoms with Crippen molar-refractivity contribution in [3.05, 3.63) is 116 Å². The van der Waals surface area contributed by atoms with Crippen molar-refractivity contribution in [3.8, 4) is 16.9 Å². The van der Waals surface area contributed by atoms with Gasteiger partial charge in [0.1, 0.15) is 5.82 Å². The zero-order valence-electron chi connectivity index (χ0n) is 23.5. The average Bonchev–Trinajstić information content (AvgIpc) is 3.59. The van der Waals surface area contributed by atoms with Gasteiger partial charge in [0.15, 0.2) is 11.4 Å². The predicted molar refractivity (Wildman–Crippen MR) is 164 cm³/mol. The van der Waals surface area contributed by atoms with Crippen LogP contribution in [-0.2, 0) is 11.8 Å². The number of thiazole rings is 1. The van der Waals surface area contributed by atoms with Gasteiger partial charge in [-0.1, -0.05) is 61.9 Å². The van der Waals surface area contributed by atoms with E-state index in [-0.39, 0.29) is 22.9 Å². The molecule has 0 radical (unpaired) electrons. The normalized spacial score (nSPS) is 14.3. The summed E-state index contributed by atoms with van der Waals surface area (Å²) in [6.07, 6.45) is 1.79. The minimum absolute atomic E-state index is 0.226. The highest BCUT2D eigenvalue weighted by Crippen LogP contribution is 2.31. The molecule has 0 spiro atoms. The second-order valence-corrected chi connectivity index (χ2v) is 10.8. The largest absolute Gasteiger partial charge is 0.306 e. The number of rotatable bonds is 7. The molecule has 2 aromatic heterocycles. The van der Waals surface area contributed by atoms with Gasteiger partial charge in [-0.15, -0.1) is 11.3 Å². The third-order valence-electron chi connectivity index (χ3n) is 7.40. The van der Waals surface area contributed by atoms with Crippen LogP contribution < -0.4 is 15.3 Å². The Morgan fingerprint density at radius 3 is 2.33 bits per heavy atom. The van der Waals surface area contributed by atoms with Gasteiger partial charge in [-0.3, -0.25) is 14.3 Å². The van der Waals surface area contributed by atoms with E-state index in [2.05, 4.69) is 6.92 Å². The molecule has 8 nitrogen and oxygen atoms in total. The van der Waals surface area contributed by atoms with E-state index in [9.17, 15) is 9.59 Å². The Bertz CT molecular complexity index is 1960. The minimum Gasteiger partial charge on any atom is -0.306 e. The second-order valence-electron chi connectivity index (χ2n) is 9.99. The first-order valence-corrected chi connectivity index (χ1v) is 14.6. The van der Waals surface area contributed by atoms with Crippen LogP contribution in [0.5, 0.6) is 0 Å². The molecule has 0 atom stereocenters. The number of amides is 1. The lowest BCUT2D eigenvalue weighted by Gasteiger charge is -2.15. The van der Waals surface area contributed by atoms with Crippen molar-refractivity contribution < 1.29 is 9.18 Å². The van der Waals surface area contributed by atoms with Gasteiger partial charge in [0.25, 0.3) is 11.5 Å². The van der Waals surface area contributed by atoms with Crippen LogP contribution in [0.1, 0.15) is 31.0 Å². The first kappa shape index (κ1) is 27.3. The first-order valence-electron chi connectivity index (χ1n) is 13.7. The van der Waals surface area contributed by atoms with E-state index in [4.69, 9.17) is 10.1 Å². The topological polar surface area (TPSA) is 76.9 Å². The molecule has 10 heteroatoms. The lowest BCUT2D eigenvalue weighted by molar-refractivity contribution is -0.112. The Kier molecular flexibility index (Phi) is 7.30. The van der Waals surface area contributed by atoms with E-state index in [0.717, 1.165) is 18.5 Å². The minimum atomic E-state index is -0.430. The fraction of sp³-hybridized carbons (Fsp3) is 0.188. The van der Waals surface area contributed by atoms with E-state index in [1.54, 1.807) is 44.9 Å². The van der Waals surface area contributed by atoms with Gasteiger partial charge in [-0.25, -0.2) is 18.7 Å². The molecule has 0 saturated heterocycles. The van der Waals surface area contributed by atoms with Gasteiger partial charge in [-0.05, 0) is 43.7 Å². The summed E-state index contributed by atoms with van der Waals surface area (Å²) < 4.78 is 19.9. The number of anilines is 1. The fourth-order valence-corrected chi connectivity index (χ4v) is 5.93. The van der Waals surface area contributed by atoms with E-state index in [0.29, 0.717) is 39.5 Å². The molecule has 42 heavy (non-hydrogen) atoms. The molecule has 0 fully saturated rings. The Labute approximate surface area is 245 Å². The number of nitrogens with zero attached hydrogens (tertiary/aromatic N) is 6. The molecule has 0 aliphatic carbocycles. The van der Waals surface area contributed by atoms with Crippen LogP contribution in [-0.4, -0.2) is 32.2 Å². The lowest BCUT2D eigenvalue weighted by Crippen LogP contribution is -2.31. The summed E-state index contributed by atoms with van der Waals surface area (Å²) in [4.78, 5) is 34.2. The summed E-state index contributed by atoms with van der Waals surface area (Å²) in [6.45, 7) is 4.47. The van der Waals surface area contributed by atoms with E-state index >= 15 is 4.39 Å². The van der Waals surface area contributed by atoms with Crippen LogP contribution in [0.4, 0.5) is 15.8 Å². The molecule has 0 unspecified atom stereocenters. The number of aromatic nitrogens is 3.